The quantitative estimate of drug-likeness (QED) is 0.216. The van der Waals surface area contributed by atoms with Crippen molar-refractivity contribution in [1.29, 1.82) is 0 Å². The molecule has 2 N–H and O–H groups in total. The fourth-order valence-corrected chi connectivity index (χ4v) is 8.48. The Morgan fingerprint density at radius 1 is 0.524 bits per heavy atom. The molecule has 2 heterocycles. The molecule has 0 bridgehead atoms. The molecule has 0 aliphatic carbocycles. The largest absolute Gasteiger partial charge is 0.384 e. The lowest BCUT2D eigenvalue weighted by molar-refractivity contribution is 0.0116. The van der Waals surface area contributed by atoms with Crippen LogP contribution in [0.5, 0.6) is 0 Å². The zero-order valence-corrected chi connectivity index (χ0v) is 24.7. The molecule has 0 aliphatic heterocycles. The summed E-state index contributed by atoms with van der Waals surface area (Å²) in [6, 6.07) is 27.3. The summed E-state index contributed by atoms with van der Waals surface area (Å²) in [4.78, 5) is -0.110. The third-order valence-electron chi connectivity index (χ3n) is 6.97. The van der Waals surface area contributed by atoms with Crippen molar-refractivity contribution in [3.63, 3.8) is 0 Å². The Bertz CT molecular complexity index is 2020. The molecule has 0 aliphatic rings. The Morgan fingerprint density at radius 2 is 0.881 bits per heavy atom. The summed E-state index contributed by atoms with van der Waals surface area (Å²) in [5, 5.41) is 24.7. The van der Waals surface area contributed by atoms with Gasteiger partial charge in [-0.25, -0.2) is 24.8 Å². The van der Waals surface area contributed by atoms with Crippen molar-refractivity contribution in [1.82, 2.24) is 7.94 Å². The molecule has 214 valence electrons. The minimum Gasteiger partial charge on any atom is -0.384 e. The van der Waals surface area contributed by atoms with Crippen LogP contribution in [0.3, 0.4) is 0 Å². The molecular formula is C30H22Cl2N2O6S2. The molecule has 4 aromatic carbocycles. The first-order valence-electron chi connectivity index (χ1n) is 12.6. The number of nitrogens with zero attached hydrogens (tertiary/aromatic N) is 2. The molecule has 0 amide bonds. The highest BCUT2D eigenvalue weighted by Crippen LogP contribution is 2.39. The third-order valence-corrected chi connectivity index (χ3v) is 10.9. The van der Waals surface area contributed by atoms with Crippen LogP contribution < -0.4 is 0 Å². The molecular weight excluding hydrogens is 619 g/mol. The first-order valence-corrected chi connectivity index (χ1v) is 16.2. The fourth-order valence-electron chi connectivity index (χ4n) is 5.01. The minimum absolute atomic E-state index is 0.0548. The Hall–Kier alpha value is -3.64. The first kappa shape index (κ1) is 28.5. The number of aliphatic hydroxyl groups excluding tert-OH is 2. The van der Waals surface area contributed by atoms with Crippen molar-refractivity contribution in [3.05, 3.63) is 131 Å². The molecule has 42 heavy (non-hydrogen) atoms. The minimum atomic E-state index is -4.30. The van der Waals surface area contributed by atoms with Gasteiger partial charge < -0.3 is 10.2 Å². The number of benzene rings is 4. The second kappa shape index (κ2) is 10.6. The summed E-state index contributed by atoms with van der Waals surface area (Å²) in [6.45, 7) is 0. The summed E-state index contributed by atoms with van der Waals surface area (Å²) in [5.74, 6) is 0. The lowest BCUT2D eigenvalue weighted by atomic mass is 10.1. The van der Waals surface area contributed by atoms with E-state index in [2.05, 4.69) is 0 Å². The van der Waals surface area contributed by atoms with E-state index in [1.165, 1.54) is 48.5 Å². The van der Waals surface area contributed by atoms with Gasteiger partial charge in [-0.1, -0.05) is 71.7 Å². The standard InChI is InChI=1S/C30H22Cl2N2O6S2/c31-21-13-11-19-15-27(33(25(19)17-21)41(37,38)23-7-3-1-4-8-23)29(35)30(36)28-16-20-12-14-22(32)18-26(20)34(28)42(39,40)24-9-5-2-6-10-24/h1-18,29-30,35-36H. The van der Waals surface area contributed by atoms with Gasteiger partial charge in [0.1, 0.15) is 12.2 Å². The summed E-state index contributed by atoms with van der Waals surface area (Å²) in [5.41, 5.74) is -0.0141. The lowest BCUT2D eigenvalue weighted by Crippen LogP contribution is -2.24. The normalized spacial score (nSPS) is 13.9. The van der Waals surface area contributed by atoms with Gasteiger partial charge in [0.05, 0.1) is 32.2 Å². The smallest absolute Gasteiger partial charge is 0.268 e. The molecule has 0 saturated heterocycles. The van der Waals surface area contributed by atoms with Crippen LogP contribution in [-0.4, -0.2) is 35.0 Å². The highest BCUT2D eigenvalue weighted by Gasteiger charge is 2.34. The van der Waals surface area contributed by atoms with E-state index in [9.17, 15) is 27.0 Å². The maximum Gasteiger partial charge on any atom is 0.268 e. The number of halogens is 2. The van der Waals surface area contributed by atoms with Crippen molar-refractivity contribution in [3.8, 4) is 0 Å². The van der Waals surface area contributed by atoms with Crippen molar-refractivity contribution < 1.29 is 27.0 Å². The van der Waals surface area contributed by atoms with Crippen molar-refractivity contribution in [2.45, 2.75) is 22.0 Å². The average molecular weight is 642 g/mol. The van der Waals surface area contributed by atoms with Gasteiger partial charge in [-0.2, -0.15) is 0 Å². The summed E-state index contributed by atoms with van der Waals surface area (Å²) in [6.07, 6.45) is -3.78. The predicted molar refractivity (Wildman–Crippen MR) is 162 cm³/mol. The maximum absolute atomic E-state index is 13.9. The van der Waals surface area contributed by atoms with Crippen LogP contribution in [0.1, 0.15) is 23.6 Å². The average Bonchev–Trinajstić information content (AvgIpc) is 3.56. The van der Waals surface area contributed by atoms with E-state index >= 15 is 0 Å². The Kier molecular flexibility index (Phi) is 7.17. The lowest BCUT2D eigenvalue weighted by Gasteiger charge is -2.22. The maximum atomic E-state index is 13.9. The number of rotatable bonds is 7. The van der Waals surface area contributed by atoms with Crippen molar-refractivity contribution >= 4 is 65.1 Å². The second-order valence-electron chi connectivity index (χ2n) is 9.60. The van der Waals surface area contributed by atoms with Crippen LogP contribution >= 0.6 is 23.2 Å². The van der Waals surface area contributed by atoms with E-state index in [4.69, 9.17) is 23.2 Å². The fraction of sp³-hybridized carbons (Fsp3) is 0.0667. The van der Waals surface area contributed by atoms with Gasteiger partial charge in [-0.3, -0.25) is 0 Å². The van der Waals surface area contributed by atoms with Gasteiger partial charge in [-0.05, 0) is 60.7 Å². The van der Waals surface area contributed by atoms with Crippen molar-refractivity contribution in [2.75, 3.05) is 0 Å². The van der Waals surface area contributed by atoms with E-state index in [0.29, 0.717) is 10.8 Å². The van der Waals surface area contributed by atoms with Gasteiger partial charge in [0.25, 0.3) is 20.0 Å². The summed E-state index contributed by atoms with van der Waals surface area (Å²) < 4.78 is 57.5. The zero-order chi connectivity index (χ0) is 29.8. The van der Waals surface area contributed by atoms with Crippen LogP contribution in [0.25, 0.3) is 21.8 Å². The van der Waals surface area contributed by atoms with E-state index < -0.39 is 32.3 Å². The summed E-state index contributed by atoms with van der Waals surface area (Å²) in [7, 11) is -8.60. The van der Waals surface area contributed by atoms with Crippen LogP contribution in [0.2, 0.25) is 10.0 Å². The van der Waals surface area contributed by atoms with Crippen LogP contribution in [0, 0.1) is 0 Å². The highest BCUT2D eigenvalue weighted by atomic mass is 35.5. The topological polar surface area (TPSA) is 119 Å². The van der Waals surface area contributed by atoms with Gasteiger partial charge in [0.15, 0.2) is 0 Å². The van der Waals surface area contributed by atoms with E-state index in [-0.39, 0.29) is 42.3 Å². The van der Waals surface area contributed by atoms with E-state index in [1.54, 1.807) is 60.7 Å². The molecule has 6 rings (SSSR count). The number of aromatic nitrogens is 2. The second-order valence-corrected chi connectivity index (χ2v) is 14.0. The molecule has 2 unspecified atom stereocenters. The monoisotopic (exact) mass is 640 g/mol. The van der Waals surface area contributed by atoms with Gasteiger partial charge in [0.2, 0.25) is 0 Å². The van der Waals surface area contributed by atoms with E-state index in [0.717, 1.165) is 7.94 Å². The third kappa shape index (κ3) is 4.70. The first-order chi connectivity index (χ1) is 20.0. The molecule has 0 fully saturated rings. The van der Waals surface area contributed by atoms with Crippen LogP contribution in [0.15, 0.2) is 119 Å². The van der Waals surface area contributed by atoms with Gasteiger partial charge in [-0.15, -0.1) is 0 Å². The Morgan fingerprint density at radius 3 is 1.24 bits per heavy atom. The van der Waals surface area contributed by atoms with Gasteiger partial charge >= 0.3 is 0 Å². The molecule has 2 aromatic heterocycles. The molecule has 0 radical (unpaired) electrons. The summed E-state index contributed by atoms with van der Waals surface area (Å²) >= 11 is 12.4. The number of fused-ring (bicyclic) bond motifs is 2. The Balaban J connectivity index is 1.58. The van der Waals surface area contributed by atoms with E-state index in [1.807, 2.05) is 0 Å². The molecule has 0 spiro atoms. The zero-order valence-electron chi connectivity index (χ0n) is 21.5. The molecule has 0 saturated carbocycles. The number of hydrogen-bond donors (Lipinski definition) is 2. The van der Waals surface area contributed by atoms with Crippen LogP contribution in [0.4, 0.5) is 0 Å². The van der Waals surface area contributed by atoms with Crippen molar-refractivity contribution in [2.24, 2.45) is 0 Å². The van der Waals surface area contributed by atoms with Crippen LogP contribution in [-0.2, 0) is 20.0 Å². The SMILES string of the molecule is O=S(=O)(c1ccccc1)n1c(C(O)C(O)c2cc3ccc(Cl)cc3n2S(=O)(=O)c2ccccc2)cc2ccc(Cl)cc21. The number of hydrogen-bond acceptors (Lipinski definition) is 6. The molecule has 12 heteroatoms. The Labute approximate surface area is 251 Å². The molecule has 2 atom stereocenters. The molecule has 8 nitrogen and oxygen atoms in total. The number of aliphatic hydroxyl groups is 2. The highest BCUT2D eigenvalue weighted by molar-refractivity contribution is 7.90. The predicted octanol–water partition coefficient (Wildman–Crippen LogP) is 6.14. The van der Waals surface area contributed by atoms with Gasteiger partial charge in [0, 0.05) is 20.8 Å². The molecule has 6 aromatic rings.